The van der Waals surface area contributed by atoms with Gasteiger partial charge in [-0.1, -0.05) is 0 Å². The minimum atomic E-state index is -2.99. The van der Waals surface area contributed by atoms with Crippen LogP contribution in [-0.4, -0.2) is 32.0 Å². The van der Waals surface area contributed by atoms with E-state index in [4.69, 9.17) is 4.74 Å². The van der Waals surface area contributed by atoms with Crippen LogP contribution in [0.1, 0.15) is 12.8 Å². The highest BCUT2D eigenvalue weighted by atomic mass is 32.2. The first-order chi connectivity index (χ1) is 7.89. The van der Waals surface area contributed by atoms with Crippen LogP contribution in [0.2, 0.25) is 0 Å². The quantitative estimate of drug-likeness (QED) is 0.802. The maximum Gasteiger partial charge on any atom is 0.213 e. The summed E-state index contributed by atoms with van der Waals surface area (Å²) in [5.41, 5.74) is -0.260. The molecule has 0 saturated heterocycles. The summed E-state index contributed by atoms with van der Waals surface area (Å²) in [6, 6.07) is 2.70. The zero-order chi connectivity index (χ0) is 12.5. The van der Waals surface area contributed by atoms with Crippen LogP contribution in [0.5, 0.6) is 5.88 Å². The van der Waals surface area contributed by atoms with Gasteiger partial charge in [0.05, 0.1) is 18.6 Å². The molecule has 0 atom stereocenters. The third-order valence-electron chi connectivity index (χ3n) is 2.75. The van der Waals surface area contributed by atoms with Crippen molar-refractivity contribution < 1.29 is 17.5 Å². The molecule has 0 unspecified atom stereocenters. The molecule has 0 amide bonds. The van der Waals surface area contributed by atoms with E-state index in [2.05, 4.69) is 4.98 Å². The van der Waals surface area contributed by atoms with Gasteiger partial charge in [-0.3, -0.25) is 0 Å². The van der Waals surface area contributed by atoms with Crippen LogP contribution in [0.3, 0.4) is 0 Å². The summed E-state index contributed by atoms with van der Waals surface area (Å²) in [6.45, 7) is 0.318. The molecule has 0 radical (unpaired) electrons. The van der Waals surface area contributed by atoms with Crippen molar-refractivity contribution in [3.63, 3.8) is 0 Å². The maximum atomic E-state index is 12.6. The summed E-state index contributed by atoms with van der Waals surface area (Å²) in [5.74, 6) is 0.0436. The highest BCUT2D eigenvalue weighted by Crippen LogP contribution is 2.46. The first-order valence-corrected chi connectivity index (χ1v) is 7.37. The Kier molecular flexibility index (Phi) is 3.07. The van der Waals surface area contributed by atoms with Gasteiger partial charge in [-0.05, 0) is 18.9 Å². The second-order valence-electron chi connectivity index (χ2n) is 4.67. The monoisotopic (exact) mass is 259 g/mol. The van der Waals surface area contributed by atoms with E-state index >= 15 is 0 Å². The van der Waals surface area contributed by atoms with Crippen LogP contribution < -0.4 is 4.74 Å². The van der Waals surface area contributed by atoms with E-state index in [-0.39, 0.29) is 11.2 Å². The number of rotatable bonds is 5. The second kappa shape index (κ2) is 4.25. The molecule has 0 spiro atoms. The molecule has 1 aromatic rings. The Morgan fingerprint density at radius 2 is 2.18 bits per heavy atom. The molecule has 1 aromatic heterocycles. The fourth-order valence-corrected chi connectivity index (χ4v) is 3.22. The van der Waals surface area contributed by atoms with Crippen LogP contribution >= 0.6 is 0 Å². The number of nitrogens with zero attached hydrogens (tertiary/aromatic N) is 1. The van der Waals surface area contributed by atoms with Crippen LogP contribution in [-0.2, 0) is 9.84 Å². The van der Waals surface area contributed by atoms with Gasteiger partial charge in [-0.15, -0.1) is 0 Å². The molecule has 1 saturated carbocycles. The summed E-state index contributed by atoms with van der Waals surface area (Å²) in [4.78, 5) is 3.76. The molecular formula is C11H14FNO3S. The molecule has 0 aromatic carbocycles. The summed E-state index contributed by atoms with van der Waals surface area (Å²) < 4.78 is 40.4. The summed E-state index contributed by atoms with van der Waals surface area (Å²) in [7, 11) is -2.99. The highest BCUT2D eigenvalue weighted by Gasteiger charge is 2.46. The first kappa shape index (κ1) is 12.3. The Hall–Kier alpha value is -1.17. The summed E-state index contributed by atoms with van der Waals surface area (Å²) in [5, 5.41) is 0. The number of sulfone groups is 1. The molecule has 1 aliphatic rings. The summed E-state index contributed by atoms with van der Waals surface area (Å²) >= 11 is 0. The van der Waals surface area contributed by atoms with E-state index in [1.54, 1.807) is 0 Å². The number of halogens is 1. The molecule has 4 nitrogen and oxygen atoms in total. The van der Waals surface area contributed by atoms with Crippen LogP contribution in [0, 0.1) is 11.2 Å². The van der Waals surface area contributed by atoms with Gasteiger partial charge in [0.15, 0.2) is 0 Å². The molecule has 0 aliphatic heterocycles. The Labute approximate surface area is 99.7 Å². The fourth-order valence-electron chi connectivity index (χ4n) is 1.74. The van der Waals surface area contributed by atoms with Crippen molar-refractivity contribution in [1.82, 2.24) is 4.98 Å². The van der Waals surface area contributed by atoms with Crippen molar-refractivity contribution in [2.24, 2.45) is 5.41 Å². The van der Waals surface area contributed by atoms with Crippen molar-refractivity contribution in [2.75, 3.05) is 18.6 Å². The lowest BCUT2D eigenvalue weighted by atomic mass is 10.2. The zero-order valence-corrected chi connectivity index (χ0v) is 10.3. The molecule has 6 heteroatoms. The lowest BCUT2D eigenvalue weighted by Gasteiger charge is -2.14. The first-order valence-electron chi connectivity index (χ1n) is 5.31. The van der Waals surface area contributed by atoms with Crippen molar-refractivity contribution in [2.45, 2.75) is 12.8 Å². The Morgan fingerprint density at radius 3 is 2.65 bits per heavy atom. The Balaban J connectivity index is 1.92. The lowest BCUT2D eigenvalue weighted by molar-refractivity contribution is 0.239. The van der Waals surface area contributed by atoms with Crippen LogP contribution in [0.15, 0.2) is 18.3 Å². The molecular weight excluding hydrogens is 245 g/mol. The van der Waals surface area contributed by atoms with E-state index in [0.29, 0.717) is 12.5 Å². The minimum absolute atomic E-state index is 0.140. The maximum absolute atomic E-state index is 12.6. The van der Waals surface area contributed by atoms with Crippen LogP contribution in [0.25, 0.3) is 0 Å². The highest BCUT2D eigenvalue weighted by molar-refractivity contribution is 7.90. The number of aromatic nitrogens is 1. The van der Waals surface area contributed by atoms with Gasteiger partial charge in [-0.2, -0.15) is 0 Å². The largest absolute Gasteiger partial charge is 0.477 e. The molecule has 17 heavy (non-hydrogen) atoms. The van der Waals surface area contributed by atoms with Gasteiger partial charge < -0.3 is 4.74 Å². The molecule has 1 fully saturated rings. The fraction of sp³-hybridized carbons (Fsp3) is 0.545. The number of hydrogen-bond donors (Lipinski definition) is 0. The average Bonchev–Trinajstić information content (AvgIpc) is 2.95. The number of pyridine rings is 1. The van der Waals surface area contributed by atoms with Crippen molar-refractivity contribution >= 4 is 9.84 Å². The Bertz CT molecular complexity index is 494. The standard InChI is InChI=1S/C11H14FNO3S/c1-17(14,15)8-11(4-5-11)7-16-10-3-2-9(12)6-13-10/h2-3,6H,4-5,7-8H2,1H3. The third-order valence-corrected chi connectivity index (χ3v) is 3.89. The molecule has 1 aliphatic carbocycles. The van der Waals surface area contributed by atoms with Gasteiger partial charge in [0.1, 0.15) is 15.7 Å². The second-order valence-corrected chi connectivity index (χ2v) is 6.81. The van der Waals surface area contributed by atoms with Gasteiger partial charge >= 0.3 is 0 Å². The number of hydrogen-bond acceptors (Lipinski definition) is 4. The van der Waals surface area contributed by atoms with Crippen molar-refractivity contribution in [3.05, 3.63) is 24.1 Å². The van der Waals surface area contributed by atoms with E-state index in [1.807, 2.05) is 0 Å². The van der Waals surface area contributed by atoms with Gasteiger partial charge in [0.2, 0.25) is 5.88 Å². The van der Waals surface area contributed by atoms with Crippen molar-refractivity contribution in [3.8, 4) is 5.88 Å². The average molecular weight is 259 g/mol. The van der Waals surface area contributed by atoms with Gasteiger partial charge in [0.25, 0.3) is 0 Å². The Morgan fingerprint density at radius 1 is 1.47 bits per heavy atom. The van der Waals surface area contributed by atoms with Crippen LogP contribution in [0.4, 0.5) is 4.39 Å². The number of ether oxygens (including phenoxy) is 1. The molecule has 2 rings (SSSR count). The van der Waals surface area contributed by atoms with Gasteiger partial charge in [0, 0.05) is 17.7 Å². The van der Waals surface area contributed by atoms with E-state index in [9.17, 15) is 12.8 Å². The lowest BCUT2D eigenvalue weighted by Crippen LogP contribution is -2.23. The molecule has 0 N–H and O–H groups in total. The SMILES string of the molecule is CS(=O)(=O)CC1(COc2ccc(F)cn2)CC1. The molecule has 0 bridgehead atoms. The topological polar surface area (TPSA) is 56.3 Å². The predicted molar refractivity (Wildman–Crippen MR) is 61.1 cm³/mol. The molecule has 94 valence electrons. The summed E-state index contributed by atoms with van der Waals surface area (Å²) in [6.07, 6.45) is 4.00. The predicted octanol–water partition coefficient (Wildman–Crippen LogP) is 1.42. The molecule has 1 heterocycles. The smallest absolute Gasteiger partial charge is 0.213 e. The van der Waals surface area contributed by atoms with Gasteiger partial charge in [-0.25, -0.2) is 17.8 Å². The third kappa shape index (κ3) is 3.66. The normalized spacial score (nSPS) is 17.8. The van der Waals surface area contributed by atoms with Crippen molar-refractivity contribution in [1.29, 1.82) is 0 Å². The van der Waals surface area contributed by atoms with E-state index in [1.165, 1.54) is 18.4 Å². The van der Waals surface area contributed by atoms with E-state index in [0.717, 1.165) is 19.0 Å². The zero-order valence-electron chi connectivity index (χ0n) is 9.52. The van der Waals surface area contributed by atoms with E-state index < -0.39 is 15.7 Å². The minimum Gasteiger partial charge on any atom is -0.477 e.